The van der Waals surface area contributed by atoms with Gasteiger partial charge in [0.15, 0.2) is 11.6 Å². The first kappa shape index (κ1) is 23.0. The zero-order chi connectivity index (χ0) is 18.5. The molecule has 1 aliphatic heterocycles. The van der Waals surface area contributed by atoms with Gasteiger partial charge in [-0.2, -0.15) is 8.78 Å². The molecule has 0 saturated carbocycles. The van der Waals surface area contributed by atoms with Crippen LogP contribution >= 0.6 is 12.4 Å². The molecule has 1 saturated heterocycles. The van der Waals surface area contributed by atoms with Crippen LogP contribution in [0.1, 0.15) is 12.8 Å². The molecule has 150 valence electrons. The Bertz CT molecular complexity index is 680. The third-order valence-corrected chi connectivity index (χ3v) is 5.58. The Balaban J connectivity index is 0.00000338. The third kappa shape index (κ3) is 5.98. The summed E-state index contributed by atoms with van der Waals surface area (Å²) >= 11 is 0. The van der Waals surface area contributed by atoms with Crippen molar-refractivity contribution in [1.29, 1.82) is 0 Å². The number of rotatable bonds is 8. The summed E-state index contributed by atoms with van der Waals surface area (Å²) < 4.78 is 74.5. The molecule has 11 heteroatoms. The highest BCUT2D eigenvalue weighted by Gasteiger charge is 2.33. The average Bonchev–Trinajstić information content (AvgIpc) is 2.56. The highest BCUT2D eigenvalue weighted by atomic mass is 35.5. The van der Waals surface area contributed by atoms with Crippen LogP contribution in [0.15, 0.2) is 23.1 Å². The quantitative estimate of drug-likeness (QED) is 0.676. The Morgan fingerprint density at radius 2 is 1.96 bits per heavy atom. The van der Waals surface area contributed by atoms with Gasteiger partial charge in [0.1, 0.15) is 0 Å². The van der Waals surface area contributed by atoms with Gasteiger partial charge in [-0.25, -0.2) is 17.5 Å². The van der Waals surface area contributed by atoms with E-state index >= 15 is 0 Å². The summed E-state index contributed by atoms with van der Waals surface area (Å²) in [6.45, 7) is -1.16. The van der Waals surface area contributed by atoms with Gasteiger partial charge in [-0.05, 0) is 44.1 Å². The largest absolute Gasteiger partial charge is 0.432 e. The maximum absolute atomic E-state index is 13.8. The number of nitrogens with one attached hydrogen (secondary N) is 2. The standard InChI is InChI=1S/C15H21F3N2O4S.ClH/c1-23-10-15(4-6-19-7-5-15)9-20-25(21,22)11-2-3-13(12(16)8-11)24-14(17)18;/h2-3,8,14,19-20H,4-7,9-10H2,1H3;1H. The number of piperidine rings is 1. The van der Waals surface area contributed by atoms with Crippen LogP contribution in [-0.2, 0) is 14.8 Å². The predicted molar refractivity (Wildman–Crippen MR) is 91.9 cm³/mol. The highest BCUT2D eigenvalue weighted by molar-refractivity contribution is 7.89. The van der Waals surface area contributed by atoms with Crippen LogP contribution in [0.3, 0.4) is 0 Å². The van der Waals surface area contributed by atoms with Gasteiger partial charge in [0.2, 0.25) is 10.0 Å². The van der Waals surface area contributed by atoms with Gasteiger partial charge in [0, 0.05) is 19.1 Å². The number of benzene rings is 1. The third-order valence-electron chi connectivity index (χ3n) is 4.18. The van der Waals surface area contributed by atoms with Gasteiger partial charge in [-0.3, -0.25) is 0 Å². The summed E-state index contributed by atoms with van der Waals surface area (Å²) in [4.78, 5) is -0.354. The van der Waals surface area contributed by atoms with Gasteiger partial charge < -0.3 is 14.8 Å². The molecule has 0 spiro atoms. The molecule has 2 rings (SSSR count). The van der Waals surface area contributed by atoms with Crippen molar-refractivity contribution in [3.05, 3.63) is 24.0 Å². The van der Waals surface area contributed by atoms with Crippen molar-refractivity contribution in [3.8, 4) is 5.75 Å². The zero-order valence-electron chi connectivity index (χ0n) is 14.1. The lowest BCUT2D eigenvalue weighted by atomic mass is 9.80. The fourth-order valence-corrected chi connectivity index (χ4v) is 3.98. The van der Waals surface area contributed by atoms with E-state index in [1.165, 1.54) is 0 Å². The van der Waals surface area contributed by atoms with Gasteiger partial charge in [0.25, 0.3) is 0 Å². The van der Waals surface area contributed by atoms with Crippen LogP contribution in [0.5, 0.6) is 5.75 Å². The molecule has 1 fully saturated rings. The number of halogens is 4. The molecule has 2 N–H and O–H groups in total. The molecule has 0 unspecified atom stereocenters. The van der Waals surface area contributed by atoms with Crippen molar-refractivity contribution in [2.75, 3.05) is 33.4 Å². The Labute approximate surface area is 156 Å². The van der Waals surface area contributed by atoms with Crippen LogP contribution < -0.4 is 14.8 Å². The normalized spacial score (nSPS) is 17.0. The van der Waals surface area contributed by atoms with E-state index in [9.17, 15) is 21.6 Å². The molecular formula is C15H22ClF3N2O4S. The Hall–Kier alpha value is -1.07. The molecule has 1 heterocycles. The van der Waals surface area contributed by atoms with Crippen molar-refractivity contribution in [2.45, 2.75) is 24.3 Å². The zero-order valence-corrected chi connectivity index (χ0v) is 15.8. The van der Waals surface area contributed by atoms with Crippen LogP contribution in [0.2, 0.25) is 0 Å². The van der Waals surface area contributed by atoms with E-state index < -0.39 is 28.2 Å². The number of sulfonamides is 1. The Morgan fingerprint density at radius 1 is 1.31 bits per heavy atom. The lowest BCUT2D eigenvalue weighted by Gasteiger charge is -2.37. The monoisotopic (exact) mass is 418 g/mol. The van der Waals surface area contributed by atoms with Crippen LogP contribution in [0.25, 0.3) is 0 Å². The Morgan fingerprint density at radius 3 is 2.50 bits per heavy atom. The molecule has 0 atom stereocenters. The maximum Gasteiger partial charge on any atom is 0.387 e. The first-order valence-corrected chi connectivity index (χ1v) is 9.20. The first-order chi connectivity index (χ1) is 11.8. The van der Waals surface area contributed by atoms with E-state index in [0.717, 1.165) is 38.1 Å². The molecule has 26 heavy (non-hydrogen) atoms. The molecular weight excluding hydrogens is 397 g/mol. The maximum atomic E-state index is 13.8. The summed E-state index contributed by atoms with van der Waals surface area (Å²) in [5.74, 6) is -1.88. The molecule has 1 aromatic carbocycles. The van der Waals surface area contributed by atoms with E-state index in [0.29, 0.717) is 12.7 Å². The van der Waals surface area contributed by atoms with E-state index in [1.54, 1.807) is 7.11 Å². The second-order valence-corrected chi connectivity index (χ2v) is 7.75. The van der Waals surface area contributed by atoms with Crippen LogP contribution in [0.4, 0.5) is 13.2 Å². The van der Waals surface area contributed by atoms with E-state index in [4.69, 9.17) is 4.74 Å². The molecule has 0 radical (unpaired) electrons. The highest BCUT2D eigenvalue weighted by Crippen LogP contribution is 2.29. The molecule has 1 aromatic rings. The van der Waals surface area contributed by atoms with Gasteiger partial charge >= 0.3 is 6.61 Å². The second-order valence-electron chi connectivity index (χ2n) is 5.98. The van der Waals surface area contributed by atoms with Crippen molar-refractivity contribution in [2.24, 2.45) is 5.41 Å². The smallest absolute Gasteiger partial charge is 0.387 e. The Kier molecular flexibility index (Phi) is 8.61. The van der Waals surface area contributed by atoms with Crippen molar-refractivity contribution < 1.29 is 31.1 Å². The van der Waals surface area contributed by atoms with E-state index in [-0.39, 0.29) is 29.3 Å². The minimum atomic E-state index is -3.99. The summed E-state index contributed by atoms with van der Waals surface area (Å²) in [7, 11) is -2.44. The molecule has 0 aliphatic carbocycles. The summed E-state index contributed by atoms with van der Waals surface area (Å²) in [6.07, 6.45) is 1.47. The van der Waals surface area contributed by atoms with Gasteiger partial charge in [-0.15, -0.1) is 12.4 Å². The number of alkyl halides is 2. The van der Waals surface area contributed by atoms with E-state index in [1.807, 2.05) is 0 Å². The minimum Gasteiger partial charge on any atom is -0.432 e. The van der Waals surface area contributed by atoms with Crippen molar-refractivity contribution in [3.63, 3.8) is 0 Å². The number of methoxy groups -OCH3 is 1. The lowest BCUT2D eigenvalue weighted by Crippen LogP contribution is -2.47. The second kappa shape index (κ2) is 9.75. The van der Waals surface area contributed by atoms with Crippen molar-refractivity contribution in [1.82, 2.24) is 10.0 Å². The molecule has 0 bridgehead atoms. The molecule has 6 nitrogen and oxygen atoms in total. The van der Waals surface area contributed by atoms with Crippen molar-refractivity contribution >= 4 is 22.4 Å². The van der Waals surface area contributed by atoms with Crippen LogP contribution in [-0.4, -0.2) is 48.4 Å². The van der Waals surface area contributed by atoms with Gasteiger partial charge in [0.05, 0.1) is 11.5 Å². The number of hydrogen-bond donors (Lipinski definition) is 2. The molecule has 1 aliphatic rings. The lowest BCUT2D eigenvalue weighted by molar-refractivity contribution is -0.0522. The average molecular weight is 419 g/mol. The van der Waals surface area contributed by atoms with Gasteiger partial charge in [-0.1, -0.05) is 0 Å². The first-order valence-electron chi connectivity index (χ1n) is 7.72. The topological polar surface area (TPSA) is 76.7 Å². The fraction of sp³-hybridized carbons (Fsp3) is 0.600. The summed E-state index contributed by atoms with van der Waals surface area (Å²) in [5.41, 5.74) is -0.343. The predicted octanol–water partition coefficient (Wildman–Crippen LogP) is 2.14. The molecule has 0 amide bonds. The van der Waals surface area contributed by atoms with Crippen LogP contribution in [0, 0.1) is 11.2 Å². The fourth-order valence-electron chi connectivity index (χ4n) is 2.81. The summed E-state index contributed by atoms with van der Waals surface area (Å²) in [5, 5.41) is 3.20. The molecule has 0 aromatic heterocycles. The SMILES string of the molecule is COCC1(CNS(=O)(=O)c2ccc(OC(F)F)c(F)c2)CCNCC1.Cl. The number of ether oxygens (including phenoxy) is 2. The van der Waals surface area contributed by atoms with E-state index in [2.05, 4.69) is 14.8 Å². The summed E-state index contributed by atoms with van der Waals surface area (Å²) in [6, 6.07) is 2.55. The number of hydrogen-bond acceptors (Lipinski definition) is 5. The minimum absolute atomic E-state index is 0.